The molecule has 0 atom stereocenters. The van der Waals surface area contributed by atoms with Crippen molar-refractivity contribution < 1.29 is 65.9 Å². The van der Waals surface area contributed by atoms with Gasteiger partial charge in [-0.25, -0.2) is 0 Å². The first kappa shape index (κ1) is 27.7. The van der Waals surface area contributed by atoms with Crippen LogP contribution in [0.4, 0.5) is 65.9 Å². The van der Waals surface area contributed by atoms with E-state index in [1.807, 2.05) is 0 Å². The Bertz CT molecular complexity index is 742. The van der Waals surface area contributed by atoms with E-state index in [0.29, 0.717) is 0 Å². The van der Waals surface area contributed by atoms with E-state index in [1.54, 1.807) is 0 Å². The summed E-state index contributed by atoms with van der Waals surface area (Å²) in [4.78, 5) is 0. The van der Waals surface area contributed by atoms with Gasteiger partial charge in [-0.3, -0.25) is 0 Å². The van der Waals surface area contributed by atoms with Crippen molar-refractivity contribution in [2.75, 3.05) is 0 Å². The smallest absolute Gasteiger partial charge is 0.199 e. The summed E-state index contributed by atoms with van der Waals surface area (Å²) in [7, 11) is -2.70. The van der Waals surface area contributed by atoms with Crippen molar-refractivity contribution in [3.05, 3.63) is 23.4 Å². The van der Waals surface area contributed by atoms with Crippen molar-refractivity contribution >= 4 is 9.52 Å². The highest BCUT2D eigenvalue weighted by Gasteiger charge is 2.94. The van der Waals surface area contributed by atoms with Crippen LogP contribution in [0.2, 0.25) is 5.04 Å². The van der Waals surface area contributed by atoms with Gasteiger partial charge in [0.15, 0.2) is 0 Å². The molecule has 1 aliphatic rings. The second kappa shape index (κ2) is 7.33. The first-order chi connectivity index (χ1) is 13.3. The van der Waals surface area contributed by atoms with Crippen LogP contribution in [0.5, 0.6) is 0 Å². The second-order valence-electron chi connectivity index (χ2n) is 7.42. The van der Waals surface area contributed by atoms with Gasteiger partial charge in [-0.1, -0.05) is 37.3 Å². The van der Waals surface area contributed by atoms with Gasteiger partial charge in [0.25, 0.3) is 0 Å². The first-order valence-corrected chi connectivity index (χ1v) is 9.43. The molecule has 0 bridgehead atoms. The lowest BCUT2D eigenvalue weighted by Crippen LogP contribution is -2.73. The van der Waals surface area contributed by atoms with E-state index in [1.165, 1.54) is 12.2 Å². The van der Waals surface area contributed by atoms with Gasteiger partial charge < -0.3 is 0 Å². The zero-order valence-corrected chi connectivity index (χ0v) is 16.7. The number of rotatable bonds is 8. The molecule has 0 N–H and O–H groups in total. The predicted molar refractivity (Wildman–Crippen MR) is 80.2 cm³/mol. The molecule has 0 heterocycles. The highest BCUT2D eigenvalue weighted by Crippen LogP contribution is 2.65. The summed E-state index contributed by atoms with van der Waals surface area (Å²) in [6.45, 7) is 0.466. The first-order valence-electron chi connectivity index (χ1n) is 8.02. The van der Waals surface area contributed by atoms with E-state index in [4.69, 9.17) is 0 Å². The lowest BCUT2D eigenvalue weighted by Gasteiger charge is -2.45. The molecule has 0 aromatic carbocycles. The average Bonchev–Trinajstić information content (AvgIpc) is 3.04. The predicted octanol–water partition coefficient (Wildman–Crippen LogP) is 6.57. The van der Waals surface area contributed by atoms with Crippen LogP contribution >= 0.6 is 0 Å². The van der Waals surface area contributed by atoms with Gasteiger partial charge in [0.05, 0.1) is 9.52 Å². The zero-order chi connectivity index (χ0) is 25.1. The Balaban J connectivity index is 3.55. The van der Waals surface area contributed by atoms with Gasteiger partial charge in [-0.05, 0) is 6.42 Å². The Morgan fingerprint density at radius 3 is 1.26 bits per heavy atom. The van der Waals surface area contributed by atoms with Crippen LogP contribution in [0.25, 0.3) is 0 Å². The van der Waals surface area contributed by atoms with Crippen LogP contribution in [0.3, 0.4) is 0 Å². The number of halogens is 15. The molecule has 0 aromatic heterocycles. The summed E-state index contributed by atoms with van der Waals surface area (Å²) in [5.74, 6) is -46.1. The maximum Gasteiger partial charge on any atom is 0.460 e. The maximum atomic E-state index is 14.3. The molecule has 1 rings (SSSR count). The molecule has 16 heteroatoms. The Kier molecular flexibility index (Phi) is 6.55. The average molecular weight is 506 g/mol. The van der Waals surface area contributed by atoms with Crippen LogP contribution in [0.1, 0.15) is 20.3 Å². The molecule has 0 amide bonds. The second-order valence-corrected chi connectivity index (χ2v) is 10.4. The van der Waals surface area contributed by atoms with E-state index >= 15 is 0 Å². The monoisotopic (exact) mass is 506 g/mol. The summed E-state index contributed by atoms with van der Waals surface area (Å²) >= 11 is 0. The number of allylic oxidation sites excluding steroid dienone is 4. The normalized spacial score (nSPS) is 18.3. The van der Waals surface area contributed by atoms with Crippen molar-refractivity contribution in [2.45, 2.75) is 67.0 Å². The van der Waals surface area contributed by atoms with Gasteiger partial charge in [0.2, 0.25) is 0 Å². The van der Waals surface area contributed by atoms with Crippen molar-refractivity contribution in [3.63, 3.8) is 0 Å². The summed E-state index contributed by atoms with van der Waals surface area (Å²) < 4.78 is 199. The largest absolute Gasteiger partial charge is 0.460 e. The van der Waals surface area contributed by atoms with Crippen molar-refractivity contribution in [1.29, 1.82) is 0 Å². The number of hydrogen-bond donors (Lipinski definition) is 0. The Morgan fingerprint density at radius 2 is 0.935 bits per heavy atom. The van der Waals surface area contributed by atoms with Crippen molar-refractivity contribution in [2.24, 2.45) is 0 Å². The Hall–Kier alpha value is -1.35. The minimum Gasteiger partial charge on any atom is -0.199 e. The Labute approximate surface area is 167 Å². The summed E-state index contributed by atoms with van der Waals surface area (Å²) in [6, 6.07) is 0. The van der Waals surface area contributed by atoms with Crippen LogP contribution in [-0.2, 0) is 0 Å². The molecule has 0 unspecified atom stereocenters. The summed E-state index contributed by atoms with van der Waals surface area (Å²) in [6.07, 6.45) is -3.74. The summed E-state index contributed by atoms with van der Waals surface area (Å²) in [5.41, 5.74) is 0. The fourth-order valence-corrected chi connectivity index (χ4v) is 4.71. The zero-order valence-electron chi connectivity index (χ0n) is 15.3. The van der Waals surface area contributed by atoms with Crippen LogP contribution in [-0.4, -0.2) is 51.2 Å². The topological polar surface area (TPSA) is 0 Å². The molecule has 0 saturated carbocycles. The molecule has 0 fully saturated rings. The molecular weight excluding hydrogens is 493 g/mol. The van der Waals surface area contributed by atoms with E-state index in [-0.39, 0.29) is 25.5 Å². The van der Waals surface area contributed by atoms with Gasteiger partial charge in [0.1, 0.15) is 0 Å². The number of alkyl halides is 15. The Morgan fingerprint density at radius 1 is 0.581 bits per heavy atom. The van der Waals surface area contributed by atoms with Crippen molar-refractivity contribution in [3.8, 4) is 0 Å². The van der Waals surface area contributed by atoms with Gasteiger partial charge in [0, 0.05) is 5.04 Å². The SMILES string of the molecule is CC(C)([SiH2]C1=CCC=C1)C(F)(F)C(F)(F)C(F)(F)C(F)(F)C(F)(F)C(F)(F)C(F)(F)F. The van der Waals surface area contributed by atoms with Crippen LogP contribution in [0, 0.1) is 0 Å². The van der Waals surface area contributed by atoms with Gasteiger partial charge in [-0.15, -0.1) is 0 Å². The minimum absolute atomic E-state index is 0.00974. The quantitative estimate of drug-likeness (QED) is 0.258. The fraction of sp³-hybridized carbons (Fsp3) is 0.733. The molecule has 0 radical (unpaired) electrons. The van der Waals surface area contributed by atoms with Crippen molar-refractivity contribution in [1.82, 2.24) is 0 Å². The molecule has 0 aromatic rings. The van der Waals surface area contributed by atoms with E-state index in [9.17, 15) is 65.9 Å². The maximum absolute atomic E-state index is 14.3. The van der Waals surface area contributed by atoms with E-state index in [0.717, 1.165) is 6.08 Å². The third-order valence-corrected chi connectivity index (χ3v) is 6.93. The lowest BCUT2D eigenvalue weighted by atomic mass is 9.87. The van der Waals surface area contributed by atoms with E-state index < -0.39 is 56.3 Å². The highest BCUT2D eigenvalue weighted by molar-refractivity contribution is 6.50. The molecular formula is C15H13F15Si. The number of hydrogen-bond acceptors (Lipinski definition) is 0. The molecule has 182 valence electrons. The molecule has 0 spiro atoms. The van der Waals surface area contributed by atoms with Crippen LogP contribution in [0.15, 0.2) is 23.4 Å². The third kappa shape index (κ3) is 3.75. The van der Waals surface area contributed by atoms with Gasteiger partial charge in [-0.2, -0.15) is 65.9 Å². The van der Waals surface area contributed by atoms with Crippen LogP contribution < -0.4 is 0 Å². The standard InChI is InChI=1S/C15H13F15Si/c1-8(2,31-7-5-3-4-6-7)9(16,17)10(18,19)11(20,21)12(22,23)13(24,25)14(26,27)15(28,29)30/h3,5-6H,4,31H2,1-2H3. The third-order valence-electron chi connectivity index (χ3n) is 4.67. The molecule has 1 aliphatic carbocycles. The molecule has 31 heavy (non-hydrogen) atoms. The fourth-order valence-electron chi connectivity index (χ4n) is 2.65. The lowest BCUT2D eigenvalue weighted by molar-refractivity contribution is -0.453. The highest BCUT2D eigenvalue weighted by atomic mass is 28.2. The molecule has 0 nitrogen and oxygen atoms in total. The molecule has 0 saturated heterocycles. The van der Waals surface area contributed by atoms with Gasteiger partial charge >= 0.3 is 41.7 Å². The minimum atomic E-state index is -8.24. The molecule has 0 aliphatic heterocycles. The van der Waals surface area contributed by atoms with E-state index in [2.05, 4.69) is 0 Å². The summed E-state index contributed by atoms with van der Waals surface area (Å²) in [5, 5.41) is -3.23.